The van der Waals surface area contributed by atoms with Crippen molar-refractivity contribution in [1.82, 2.24) is 5.32 Å². The number of nitrogens with two attached hydrogens (primary N) is 1. The molecule has 0 amide bonds. The van der Waals surface area contributed by atoms with Gasteiger partial charge < -0.3 is 16.2 Å². The van der Waals surface area contributed by atoms with E-state index in [1.54, 1.807) is 0 Å². The molecule has 3 heteroatoms. The molecule has 96 valence electrons. The zero-order valence-electron chi connectivity index (χ0n) is 10.5. The van der Waals surface area contributed by atoms with E-state index < -0.39 is 0 Å². The van der Waals surface area contributed by atoms with Crippen LogP contribution >= 0.6 is 0 Å². The average Bonchev–Trinajstić information content (AvgIpc) is 2.55. The predicted molar refractivity (Wildman–Crippen MR) is 68.4 cm³/mol. The van der Waals surface area contributed by atoms with Crippen molar-refractivity contribution < 1.29 is 5.11 Å². The summed E-state index contributed by atoms with van der Waals surface area (Å²) in [6, 6.07) is 0. The summed E-state index contributed by atoms with van der Waals surface area (Å²) in [5.74, 6) is 0. The number of hydrogen-bond donors (Lipinski definition) is 3. The summed E-state index contributed by atoms with van der Waals surface area (Å²) >= 11 is 0. The Labute approximate surface area is 99.8 Å². The van der Waals surface area contributed by atoms with Gasteiger partial charge in [-0.2, -0.15) is 0 Å². The average molecular weight is 228 g/mol. The van der Waals surface area contributed by atoms with Crippen LogP contribution in [0.25, 0.3) is 0 Å². The third kappa shape index (κ3) is 4.81. The van der Waals surface area contributed by atoms with Crippen molar-refractivity contribution in [3.63, 3.8) is 0 Å². The van der Waals surface area contributed by atoms with E-state index in [-0.39, 0.29) is 5.54 Å². The predicted octanol–water partition coefficient (Wildman–Crippen LogP) is 1.79. The third-order valence-electron chi connectivity index (χ3n) is 3.79. The van der Waals surface area contributed by atoms with Gasteiger partial charge in [-0.25, -0.2) is 0 Å². The monoisotopic (exact) mass is 228 g/mol. The first kappa shape index (κ1) is 13.9. The fraction of sp³-hybridized carbons (Fsp3) is 1.00. The maximum atomic E-state index is 8.71. The quantitative estimate of drug-likeness (QED) is 0.460. The highest BCUT2D eigenvalue weighted by molar-refractivity contribution is 4.90. The van der Waals surface area contributed by atoms with Crippen LogP contribution < -0.4 is 11.1 Å². The number of aliphatic hydroxyl groups excluding tert-OH is 1. The minimum atomic E-state index is 0.218. The van der Waals surface area contributed by atoms with Crippen LogP contribution in [0.3, 0.4) is 0 Å². The van der Waals surface area contributed by atoms with Crippen molar-refractivity contribution in [3.8, 4) is 0 Å². The molecular formula is C13H28N2O. The van der Waals surface area contributed by atoms with E-state index in [1.807, 2.05) is 0 Å². The number of hydrogen-bond acceptors (Lipinski definition) is 3. The number of rotatable bonds is 7. The minimum Gasteiger partial charge on any atom is -0.396 e. The van der Waals surface area contributed by atoms with Crippen molar-refractivity contribution in [2.75, 3.05) is 19.7 Å². The van der Waals surface area contributed by atoms with Crippen LogP contribution in [0.5, 0.6) is 0 Å². The van der Waals surface area contributed by atoms with Gasteiger partial charge in [0.25, 0.3) is 0 Å². The normalized spacial score (nSPS) is 20.6. The van der Waals surface area contributed by atoms with Crippen LogP contribution in [0, 0.1) is 0 Å². The maximum absolute atomic E-state index is 8.71. The van der Waals surface area contributed by atoms with Crippen molar-refractivity contribution in [1.29, 1.82) is 0 Å². The molecule has 0 aromatic rings. The Morgan fingerprint density at radius 3 is 2.25 bits per heavy atom. The van der Waals surface area contributed by atoms with Gasteiger partial charge in [-0.15, -0.1) is 0 Å². The van der Waals surface area contributed by atoms with Gasteiger partial charge in [-0.1, -0.05) is 25.7 Å². The van der Waals surface area contributed by atoms with Crippen molar-refractivity contribution in [2.45, 2.75) is 63.3 Å². The Kier molecular flexibility index (Phi) is 7.01. The molecule has 0 saturated heterocycles. The largest absolute Gasteiger partial charge is 0.396 e. The lowest BCUT2D eigenvalue weighted by Crippen LogP contribution is -2.51. The fourth-order valence-corrected chi connectivity index (χ4v) is 2.63. The molecule has 0 unspecified atom stereocenters. The summed E-state index contributed by atoms with van der Waals surface area (Å²) in [7, 11) is 0. The van der Waals surface area contributed by atoms with Crippen LogP contribution in [-0.4, -0.2) is 30.3 Å². The van der Waals surface area contributed by atoms with Gasteiger partial charge in [0.2, 0.25) is 0 Å². The molecule has 0 bridgehead atoms. The number of aliphatic hydroxyl groups is 1. The van der Waals surface area contributed by atoms with E-state index in [1.165, 1.54) is 38.5 Å². The molecular weight excluding hydrogens is 200 g/mol. The molecule has 0 aromatic heterocycles. The van der Waals surface area contributed by atoms with E-state index in [4.69, 9.17) is 10.8 Å². The molecule has 0 heterocycles. The van der Waals surface area contributed by atoms with Crippen LogP contribution in [0.15, 0.2) is 0 Å². The molecule has 3 nitrogen and oxygen atoms in total. The van der Waals surface area contributed by atoms with Gasteiger partial charge >= 0.3 is 0 Å². The molecule has 0 atom stereocenters. The van der Waals surface area contributed by atoms with Gasteiger partial charge in [0.1, 0.15) is 0 Å². The maximum Gasteiger partial charge on any atom is 0.0431 e. The first-order valence-corrected chi connectivity index (χ1v) is 6.89. The molecule has 1 saturated carbocycles. The molecule has 4 N–H and O–H groups in total. The second-order valence-corrected chi connectivity index (χ2v) is 5.11. The molecule has 0 aromatic carbocycles. The second-order valence-electron chi connectivity index (χ2n) is 5.11. The standard InChI is InChI=1S/C13H28N2O/c14-12-13(8-4-1-2-5-9-13)15-10-6-3-7-11-16/h15-16H,1-12,14H2. The Balaban J connectivity index is 2.22. The van der Waals surface area contributed by atoms with Crippen molar-refractivity contribution in [3.05, 3.63) is 0 Å². The van der Waals surface area contributed by atoms with E-state index in [0.29, 0.717) is 6.61 Å². The zero-order valence-corrected chi connectivity index (χ0v) is 10.5. The van der Waals surface area contributed by atoms with E-state index in [0.717, 1.165) is 32.4 Å². The highest BCUT2D eigenvalue weighted by atomic mass is 16.2. The Morgan fingerprint density at radius 2 is 1.69 bits per heavy atom. The van der Waals surface area contributed by atoms with Gasteiger partial charge in [-0.3, -0.25) is 0 Å². The number of nitrogens with one attached hydrogen (secondary N) is 1. The van der Waals surface area contributed by atoms with Crippen molar-refractivity contribution in [2.24, 2.45) is 5.73 Å². The van der Waals surface area contributed by atoms with Gasteiger partial charge in [0, 0.05) is 18.7 Å². The molecule has 0 aliphatic heterocycles. The Hall–Kier alpha value is -0.120. The summed E-state index contributed by atoms with van der Waals surface area (Å²) < 4.78 is 0. The second kappa shape index (κ2) is 8.04. The summed E-state index contributed by atoms with van der Waals surface area (Å²) in [6.45, 7) is 2.15. The Bertz CT molecular complexity index is 165. The lowest BCUT2D eigenvalue weighted by atomic mass is 9.90. The van der Waals surface area contributed by atoms with Gasteiger partial charge in [-0.05, 0) is 38.6 Å². The molecule has 1 aliphatic rings. The Morgan fingerprint density at radius 1 is 1.00 bits per heavy atom. The van der Waals surface area contributed by atoms with Gasteiger partial charge in [0.15, 0.2) is 0 Å². The topological polar surface area (TPSA) is 58.3 Å². The SMILES string of the molecule is NCC1(NCCCCCO)CCCCCC1. The van der Waals surface area contributed by atoms with Crippen LogP contribution in [0.4, 0.5) is 0 Å². The van der Waals surface area contributed by atoms with Crippen LogP contribution in [0.2, 0.25) is 0 Å². The number of unbranched alkanes of at least 4 members (excludes halogenated alkanes) is 2. The molecule has 1 aliphatic carbocycles. The summed E-state index contributed by atoms with van der Waals surface area (Å²) in [6.07, 6.45) is 11.1. The highest BCUT2D eigenvalue weighted by Gasteiger charge is 2.28. The first-order valence-electron chi connectivity index (χ1n) is 6.89. The van der Waals surface area contributed by atoms with E-state index in [2.05, 4.69) is 5.32 Å². The molecule has 16 heavy (non-hydrogen) atoms. The zero-order chi connectivity index (χ0) is 11.7. The van der Waals surface area contributed by atoms with Crippen LogP contribution in [0.1, 0.15) is 57.8 Å². The first-order chi connectivity index (χ1) is 7.83. The third-order valence-corrected chi connectivity index (χ3v) is 3.79. The van der Waals surface area contributed by atoms with E-state index in [9.17, 15) is 0 Å². The lowest BCUT2D eigenvalue weighted by molar-refractivity contribution is 0.272. The molecule has 1 rings (SSSR count). The highest BCUT2D eigenvalue weighted by Crippen LogP contribution is 2.26. The fourth-order valence-electron chi connectivity index (χ4n) is 2.63. The molecule has 0 spiro atoms. The molecule has 1 fully saturated rings. The lowest BCUT2D eigenvalue weighted by Gasteiger charge is -2.33. The molecule has 0 radical (unpaired) electrons. The van der Waals surface area contributed by atoms with Gasteiger partial charge in [0.05, 0.1) is 0 Å². The minimum absolute atomic E-state index is 0.218. The van der Waals surface area contributed by atoms with E-state index >= 15 is 0 Å². The smallest absolute Gasteiger partial charge is 0.0431 e. The summed E-state index contributed by atoms with van der Waals surface area (Å²) in [4.78, 5) is 0. The van der Waals surface area contributed by atoms with Crippen molar-refractivity contribution >= 4 is 0 Å². The summed E-state index contributed by atoms with van der Waals surface area (Å²) in [5.41, 5.74) is 6.16. The van der Waals surface area contributed by atoms with Crippen LogP contribution in [-0.2, 0) is 0 Å². The summed E-state index contributed by atoms with van der Waals surface area (Å²) in [5, 5.41) is 12.4.